The number of aryl methyl sites for hydroxylation is 1. The van der Waals surface area contributed by atoms with Crippen molar-refractivity contribution in [1.82, 2.24) is 20.2 Å². The minimum atomic E-state index is -0.789. The van der Waals surface area contributed by atoms with Gasteiger partial charge in [-0.25, -0.2) is 9.78 Å². The largest absolute Gasteiger partial charge is 0.491 e. The Morgan fingerprint density at radius 3 is 2.41 bits per heavy atom. The third-order valence-corrected chi connectivity index (χ3v) is 6.30. The number of halogens is 1. The lowest BCUT2D eigenvalue weighted by molar-refractivity contribution is -0.130. The van der Waals surface area contributed by atoms with Gasteiger partial charge >= 0.3 is 6.03 Å². The van der Waals surface area contributed by atoms with E-state index in [4.69, 9.17) is 14.8 Å². The van der Waals surface area contributed by atoms with Crippen LogP contribution >= 0.6 is 15.9 Å². The van der Waals surface area contributed by atoms with Crippen molar-refractivity contribution in [2.75, 3.05) is 13.2 Å². The third-order valence-electron chi connectivity index (χ3n) is 5.77. The number of nitrogens with one attached hydrogen (secondary N) is 2. The number of imide groups is 1. The molecule has 3 N–H and O–H groups in total. The lowest BCUT2D eigenvalue weighted by atomic mass is 10.0. The molecule has 34 heavy (non-hydrogen) atoms. The normalized spacial score (nSPS) is 16.8. The number of aromatic nitrogens is 2. The summed E-state index contributed by atoms with van der Waals surface area (Å²) in [5.41, 5.74) is 3.28. The first-order valence-electron chi connectivity index (χ1n) is 11.1. The smallest absolute Gasteiger partial charge is 0.325 e. The molecule has 1 aliphatic rings. The maximum atomic E-state index is 13.4. The van der Waals surface area contributed by atoms with Gasteiger partial charge in [0.1, 0.15) is 30.3 Å². The molecule has 1 aromatic heterocycles. The minimum Gasteiger partial charge on any atom is -0.491 e. The fourth-order valence-electron chi connectivity index (χ4n) is 4.16. The van der Waals surface area contributed by atoms with Crippen LogP contribution < -0.4 is 10.1 Å². The Kier molecular flexibility index (Phi) is 7.04. The average Bonchev–Trinajstić information content (AvgIpc) is 3.33. The SMILES string of the molecule is Cc1nc(C(C(C)C)N2C(=O)N[C@H](c3ccc(OCCO)cc3)C2=O)[nH]c1-c1ccc(Br)cc1. The number of aromatic amines is 1. The standard InChI is InChI=1S/C25H27BrN4O4/c1-14(2)22(23-27-15(3)20(28-23)16-4-8-18(26)9-5-16)30-24(32)21(29-25(30)33)17-6-10-19(11-7-17)34-13-12-31/h4-11,14,21-22,31H,12-13H2,1-3H3,(H,27,28)(H,29,33)/t21-,22?/m1/s1. The van der Waals surface area contributed by atoms with E-state index < -0.39 is 18.1 Å². The first-order chi connectivity index (χ1) is 16.3. The number of hydrogen-bond acceptors (Lipinski definition) is 5. The zero-order valence-electron chi connectivity index (χ0n) is 19.2. The molecule has 1 fully saturated rings. The summed E-state index contributed by atoms with van der Waals surface area (Å²) >= 11 is 3.45. The van der Waals surface area contributed by atoms with E-state index in [1.807, 2.05) is 45.0 Å². The fourth-order valence-corrected chi connectivity index (χ4v) is 4.42. The van der Waals surface area contributed by atoms with Gasteiger partial charge in [0.25, 0.3) is 5.91 Å². The van der Waals surface area contributed by atoms with Gasteiger partial charge in [-0.2, -0.15) is 0 Å². The number of nitrogens with zero attached hydrogens (tertiary/aromatic N) is 2. The number of ether oxygens (including phenoxy) is 1. The second-order valence-electron chi connectivity index (χ2n) is 8.51. The van der Waals surface area contributed by atoms with Gasteiger partial charge in [-0.3, -0.25) is 9.69 Å². The van der Waals surface area contributed by atoms with E-state index in [9.17, 15) is 9.59 Å². The average molecular weight is 527 g/mol. The summed E-state index contributed by atoms with van der Waals surface area (Å²) in [5.74, 6) is 0.762. The summed E-state index contributed by atoms with van der Waals surface area (Å²) in [4.78, 5) is 35.8. The molecule has 1 saturated heterocycles. The summed E-state index contributed by atoms with van der Waals surface area (Å²) in [6.07, 6.45) is 0. The van der Waals surface area contributed by atoms with E-state index in [1.54, 1.807) is 24.3 Å². The number of benzene rings is 2. The summed E-state index contributed by atoms with van der Waals surface area (Å²) in [6, 6.07) is 13.0. The highest BCUT2D eigenvalue weighted by Gasteiger charge is 2.45. The highest BCUT2D eigenvalue weighted by molar-refractivity contribution is 9.10. The van der Waals surface area contributed by atoms with Crippen LogP contribution in [0.4, 0.5) is 4.79 Å². The van der Waals surface area contributed by atoms with Gasteiger partial charge in [-0.1, -0.05) is 54.0 Å². The van der Waals surface area contributed by atoms with Gasteiger partial charge in [0.15, 0.2) is 0 Å². The van der Waals surface area contributed by atoms with E-state index in [-0.39, 0.29) is 25.0 Å². The zero-order chi connectivity index (χ0) is 24.4. The van der Waals surface area contributed by atoms with Crippen LogP contribution in [-0.4, -0.2) is 45.1 Å². The van der Waals surface area contributed by atoms with E-state index in [1.165, 1.54) is 4.90 Å². The predicted octanol–water partition coefficient (Wildman–Crippen LogP) is 4.51. The van der Waals surface area contributed by atoms with Gasteiger partial charge in [-0.15, -0.1) is 0 Å². The quantitative estimate of drug-likeness (QED) is 0.374. The van der Waals surface area contributed by atoms with Crippen LogP contribution in [0.5, 0.6) is 5.75 Å². The van der Waals surface area contributed by atoms with Crippen LogP contribution in [0.15, 0.2) is 53.0 Å². The van der Waals surface area contributed by atoms with Crippen molar-refractivity contribution in [3.05, 3.63) is 70.1 Å². The Hall–Kier alpha value is -3.17. The lowest BCUT2D eigenvalue weighted by Gasteiger charge is -2.27. The summed E-state index contributed by atoms with van der Waals surface area (Å²) < 4.78 is 6.36. The minimum absolute atomic E-state index is 0.0639. The fraction of sp³-hybridized carbons (Fsp3) is 0.320. The van der Waals surface area contributed by atoms with Crippen molar-refractivity contribution >= 4 is 27.9 Å². The number of carbonyl (C=O) groups is 2. The van der Waals surface area contributed by atoms with E-state index >= 15 is 0 Å². The molecule has 3 amide bonds. The van der Waals surface area contributed by atoms with Crippen LogP contribution in [0.1, 0.15) is 43.0 Å². The van der Waals surface area contributed by atoms with Crippen molar-refractivity contribution in [1.29, 1.82) is 0 Å². The number of urea groups is 1. The van der Waals surface area contributed by atoms with Crippen molar-refractivity contribution in [2.24, 2.45) is 5.92 Å². The van der Waals surface area contributed by atoms with Crippen LogP contribution in [0.25, 0.3) is 11.3 Å². The maximum Gasteiger partial charge on any atom is 0.325 e. The van der Waals surface area contributed by atoms with E-state index in [2.05, 4.69) is 26.2 Å². The molecule has 2 heterocycles. The highest BCUT2D eigenvalue weighted by Crippen LogP contribution is 2.35. The molecule has 3 aromatic rings. The second-order valence-corrected chi connectivity index (χ2v) is 9.43. The van der Waals surface area contributed by atoms with Crippen LogP contribution in [0.2, 0.25) is 0 Å². The Labute approximate surface area is 206 Å². The van der Waals surface area contributed by atoms with E-state index in [0.717, 1.165) is 21.4 Å². The second kappa shape index (κ2) is 9.99. The summed E-state index contributed by atoms with van der Waals surface area (Å²) in [6.45, 7) is 5.93. The van der Waals surface area contributed by atoms with Crippen molar-refractivity contribution in [2.45, 2.75) is 32.9 Å². The summed E-state index contributed by atoms with van der Waals surface area (Å²) in [5, 5.41) is 11.7. The van der Waals surface area contributed by atoms with Crippen molar-refractivity contribution < 1.29 is 19.4 Å². The Balaban J connectivity index is 1.61. The Morgan fingerprint density at radius 1 is 1.12 bits per heavy atom. The molecule has 0 aliphatic carbocycles. The molecular weight excluding hydrogens is 500 g/mol. The molecule has 1 unspecified atom stereocenters. The molecule has 0 spiro atoms. The van der Waals surface area contributed by atoms with Gasteiger partial charge in [0.2, 0.25) is 0 Å². The number of aliphatic hydroxyl groups is 1. The molecule has 2 atom stereocenters. The monoisotopic (exact) mass is 526 g/mol. The molecule has 0 radical (unpaired) electrons. The number of rotatable bonds is 8. The van der Waals surface area contributed by atoms with Crippen LogP contribution in [0, 0.1) is 12.8 Å². The number of carbonyl (C=O) groups excluding carboxylic acids is 2. The number of hydrogen-bond donors (Lipinski definition) is 3. The number of imidazole rings is 1. The van der Waals surface area contributed by atoms with Gasteiger partial charge in [0, 0.05) is 4.47 Å². The molecule has 4 rings (SSSR count). The molecule has 178 valence electrons. The Morgan fingerprint density at radius 2 is 1.79 bits per heavy atom. The molecular formula is C25H27BrN4O4. The lowest BCUT2D eigenvalue weighted by Crippen LogP contribution is -2.38. The first kappa shape index (κ1) is 24.0. The summed E-state index contributed by atoms with van der Waals surface area (Å²) in [7, 11) is 0. The maximum absolute atomic E-state index is 13.4. The van der Waals surface area contributed by atoms with Gasteiger partial charge in [0.05, 0.1) is 18.0 Å². The molecule has 2 aromatic carbocycles. The molecule has 1 aliphatic heterocycles. The van der Waals surface area contributed by atoms with Crippen LogP contribution in [-0.2, 0) is 4.79 Å². The zero-order valence-corrected chi connectivity index (χ0v) is 20.8. The van der Waals surface area contributed by atoms with Crippen molar-refractivity contribution in [3.8, 4) is 17.0 Å². The number of amides is 3. The van der Waals surface area contributed by atoms with Gasteiger partial charge in [-0.05, 0) is 48.2 Å². The van der Waals surface area contributed by atoms with Crippen molar-refractivity contribution in [3.63, 3.8) is 0 Å². The van der Waals surface area contributed by atoms with E-state index in [0.29, 0.717) is 17.1 Å². The number of aliphatic hydroxyl groups excluding tert-OH is 1. The molecule has 9 heteroatoms. The topological polar surface area (TPSA) is 108 Å². The highest BCUT2D eigenvalue weighted by atomic mass is 79.9. The molecule has 0 saturated carbocycles. The first-order valence-corrected chi connectivity index (χ1v) is 11.9. The molecule has 8 nitrogen and oxygen atoms in total. The molecule has 0 bridgehead atoms. The third kappa shape index (κ3) is 4.71. The van der Waals surface area contributed by atoms with Gasteiger partial charge < -0.3 is 20.1 Å². The Bertz CT molecular complexity index is 1170. The van der Waals surface area contributed by atoms with Crippen LogP contribution in [0.3, 0.4) is 0 Å². The number of H-pyrrole nitrogens is 1. The predicted molar refractivity (Wildman–Crippen MR) is 131 cm³/mol.